The quantitative estimate of drug-likeness (QED) is 0.615. The average molecular weight is 294 g/mol. The van der Waals surface area contributed by atoms with Gasteiger partial charge in [-0.3, -0.25) is 14.5 Å². The fourth-order valence-electron chi connectivity index (χ4n) is 1.92. The van der Waals surface area contributed by atoms with Crippen LogP contribution in [0.25, 0.3) is 0 Å². The number of carboxylic acids is 1. The summed E-state index contributed by atoms with van der Waals surface area (Å²) in [6.45, 7) is 2.62. The number of nitrogens with one attached hydrogen (secondary N) is 1. The van der Waals surface area contributed by atoms with Crippen molar-refractivity contribution in [2.24, 2.45) is 0 Å². The smallest absolute Gasteiger partial charge is 0.304 e. The summed E-state index contributed by atoms with van der Waals surface area (Å²) in [6.07, 6.45) is -0.667. The number of rotatable bonds is 9. The minimum absolute atomic E-state index is 0.0569. The van der Waals surface area contributed by atoms with Crippen LogP contribution in [0, 0.1) is 0 Å². The lowest BCUT2D eigenvalue weighted by Crippen LogP contribution is -2.41. The Morgan fingerprint density at radius 3 is 2.52 bits per heavy atom. The van der Waals surface area contributed by atoms with Crippen LogP contribution in [0.3, 0.4) is 0 Å². The second-order valence-corrected chi connectivity index (χ2v) is 4.99. The van der Waals surface area contributed by atoms with E-state index in [0.29, 0.717) is 6.54 Å². The van der Waals surface area contributed by atoms with Gasteiger partial charge in [-0.2, -0.15) is 0 Å². The second kappa shape index (κ2) is 9.10. The first-order chi connectivity index (χ1) is 9.97. The first-order valence-corrected chi connectivity index (χ1v) is 6.90. The Labute approximate surface area is 124 Å². The van der Waals surface area contributed by atoms with Crippen LogP contribution in [0.15, 0.2) is 30.3 Å². The topological polar surface area (TPSA) is 89.9 Å². The van der Waals surface area contributed by atoms with E-state index in [9.17, 15) is 14.7 Å². The van der Waals surface area contributed by atoms with Gasteiger partial charge in [0.05, 0.1) is 19.1 Å². The van der Waals surface area contributed by atoms with Gasteiger partial charge in [0.1, 0.15) is 0 Å². The molecule has 0 spiro atoms. The molecule has 1 amide bonds. The first-order valence-electron chi connectivity index (χ1n) is 6.90. The van der Waals surface area contributed by atoms with Crippen molar-refractivity contribution in [3.8, 4) is 0 Å². The third kappa shape index (κ3) is 8.06. The number of carbonyl (C=O) groups excluding carboxylic acids is 1. The van der Waals surface area contributed by atoms with Gasteiger partial charge in [0.25, 0.3) is 0 Å². The van der Waals surface area contributed by atoms with Crippen LogP contribution in [-0.2, 0) is 16.1 Å². The Kier molecular flexibility index (Phi) is 7.42. The molecule has 3 N–H and O–H groups in total. The second-order valence-electron chi connectivity index (χ2n) is 4.99. The maximum atomic E-state index is 11.9. The minimum atomic E-state index is -0.921. The van der Waals surface area contributed by atoms with Gasteiger partial charge < -0.3 is 15.5 Å². The lowest BCUT2D eigenvalue weighted by molar-refractivity contribution is -0.138. The predicted molar refractivity (Wildman–Crippen MR) is 78.7 cm³/mol. The third-order valence-corrected chi connectivity index (χ3v) is 2.86. The molecule has 21 heavy (non-hydrogen) atoms. The van der Waals surface area contributed by atoms with Crippen molar-refractivity contribution in [3.63, 3.8) is 0 Å². The van der Waals surface area contributed by atoms with Crippen LogP contribution in [0.2, 0.25) is 0 Å². The lowest BCUT2D eigenvalue weighted by Gasteiger charge is -2.22. The summed E-state index contributed by atoms with van der Waals surface area (Å²) >= 11 is 0. The number of carboxylic acid groups (broad SMARTS) is 1. The van der Waals surface area contributed by atoms with E-state index in [1.54, 1.807) is 11.8 Å². The molecule has 0 aliphatic rings. The molecule has 6 nitrogen and oxygen atoms in total. The molecule has 1 atom stereocenters. The highest BCUT2D eigenvalue weighted by atomic mass is 16.4. The number of aliphatic carboxylic acids is 1. The molecular formula is C15H22N2O4. The molecule has 0 aliphatic heterocycles. The van der Waals surface area contributed by atoms with Gasteiger partial charge in [0.15, 0.2) is 0 Å². The molecule has 0 saturated heterocycles. The molecule has 0 aromatic heterocycles. The van der Waals surface area contributed by atoms with Gasteiger partial charge >= 0.3 is 5.97 Å². The van der Waals surface area contributed by atoms with E-state index >= 15 is 0 Å². The number of carbonyl (C=O) groups is 2. The van der Waals surface area contributed by atoms with Gasteiger partial charge in [0.2, 0.25) is 5.91 Å². The first kappa shape index (κ1) is 17.1. The maximum Gasteiger partial charge on any atom is 0.304 e. The highest BCUT2D eigenvalue weighted by Crippen LogP contribution is 1.99. The normalized spacial score (nSPS) is 12.1. The van der Waals surface area contributed by atoms with E-state index in [1.165, 1.54) is 0 Å². The molecular weight excluding hydrogens is 272 g/mol. The van der Waals surface area contributed by atoms with Gasteiger partial charge in [0, 0.05) is 19.6 Å². The lowest BCUT2D eigenvalue weighted by atomic mass is 10.2. The van der Waals surface area contributed by atoms with E-state index < -0.39 is 12.1 Å². The highest BCUT2D eigenvalue weighted by Gasteiger charge is 2.14. The predicted octanol–water partition coefficient (Wildman–Crippen LogP) is 0.460. The van der Waals surface area contributed by atoms with Crippen LogP contribution in [-0.4, -0.2) is 52.7 Å². The molecule has 0 fully saturated rings. The Balaban J connectivity index is 2.41. The van der Waals surface area contributed by atoms with Crippen LogP contribution in [0.1, 0.15) is 18.9 Å². The summed E-state index contributed by atoms with van der Waals surface area (Å²) in [5.41, 5.74) is 0.999. The van der Waals surface area contributed by atoms with Gasteiger partial charge in [-0.25, -0.2) is 0 Å². The number of benzene rings is 1. The van der Waals surface area contributed by atoms with E-state index in [2.05, 4.69) is 5.32 Å². The van der Waals surface area contributed by atoms with Gasteiger partial charge in [-0.05, 0) is 12.5 Å². The zero-order chi connectivity index (χ0) is 15.7. The Morgan fingerprint density at radius 2 is 1.95 bits per heavy atom. The summed E-state index contributed by atoms with van der Waals surface area (Å²) in [7, 11) is 0. The molecule has 0 bridgehead atoms. The molecule has 1 aromatic carbocycles. The van der Waals surface area contributed by atoms with Crippen LogP contribution in [0.5, 0.6) is 0 Å². The molecule has 1 rings (SSSR count). The van der Waals surface area contributed by atoms with E-state index in [-0.39, 0.29) is 32.0 Å². The molecule has 0 radical (unpaired) electrons. The summed E-state index contributed by atoms with van der Waals surface area (Å²) < 4.78 is 0. The Bertz CT molecular complexity index is 448. The largest absolute Gasteiger partial charge is 0.481 e. The van der Waals surface area contributed by atoms with Crippen LogP contribution < -0.4 is 5.32 Å². The molecule has 6 heteroatoms. The van der Waals surface area contributed by atoms with Crippen molar-refractivity contribution >= 4 is 11.9 Å². The maximum absolute atomic E-state index is 11.9. The number of hydrogen-bond donors (Lipinski definition) is 3. The van der Waals surface area contributed by atoms with Crippen LogP contribution >= 0.6 is 0 Å². The van der Waals surface area contributed by atoms with E-state index in [1.807, 2.05) is 30.3 Å². The van der Waals surface area contributed by atoms with Gasteiger partial charge in [-0.15, -0.1) is 0 Å². The number of amides is 1. The van der Waals surface area contributed by atoms with Crippen molar-refractivity contribution in [1.82, 2.24) is 10.2 Å². The number of aliphatic hydroxyl groups is 1. The van der Waals surface area contributed by atoms with Gasteiger partial charge in [-0.1, -0.05) is 30.3 Å². The Hall–Kier alpha value is -1.92. The highest BCUT2D eigenvalue weighted by molar-refractivity contribution is 5.78. The van der Waals surface area contributed by atoms with Crippen molar-refractivity contribution in [2.45, 2.75) is 26.0 Å². The fraction of sp³-hybridized carbons (Fsp3) is 0.467. The fourth-order valence-corrected chi connectivity index (χ4v) is 1.92. The average Bonchev–Trinajstić information content (AvgIpc) is 2.43. The molecule has 1 aromatic rings. The van der Waals surface area contributed by atoms with Crippen molar-refractivity contribution < 1.29 is 19.8 Å². The summed E-state index contributed by atoms with van der Waals surface area (Å²) in [6, 6.07) is 9.53. The Morgan fingerprint density at radius 1 is 1.29 bits per heavy atom. The number of hydrogen-bond acceptors (Lipinski definition) is 4. The van der Waals surface area contributed by atoms with Crippen molar-refractivity contribution in [3.05, 3.63) is 35.9 Å². The standard InChI is InChI=1S/C15H22N2O4/c1-12(18)10-17(8-7-15(20)21)11-14(19)16-9-13-5-3-2-4-6-13/h2-6,12,18H,7-11H2,1H3,(H,16,19)(H,20,21). The SMILES string of the molecule is CC(O)CN(CCC(=O)O)CC(=O)NCc1ccccc1. The zero-order valence-electron chi connectivity index (χ0n) is 12.2. The number of aliphatic hydroxyl groups excluding tert-OH is 1. The summed E-state index contributed by atoms with van der Waals surface area (Å²) in [5, 5.41) is 20.9. The minimum Gasteiger partial charge on any atom is -0.481 e. The molecule has 0 heterocycles. The monoisotopic (exact) mass is 294 g/mol. The van der Waals surface area contributed by atoms with Crippen molar-refractivity contribution in [1.29, 1.82) is 0 Å². The third-order valence-electron chi connectivity index (χ3n) is 2.86. The number of nitrogens with zero attached hydrogens (tertiary/aromatic N) is 1. The van der Waals surface area contributed by atoms with E-state index in [4.69, 9.17) is 5.11 Å². The van der Waals surface area contributed by atoms with E-state index in [0.717, 1.165) is 5.56 Å². The van der Waals surface area contributed by atoms with Crippen LogP contribution in [0.4, 0.5) is 0 Å². The molecule has 116 valence electrons. The molecule has 0 saturated carbocycles. The zero-order valence-corrected chi connectivity index (χ0v) is 12.2. The summed E-state index contributed by atoms with van der Waals surface area (Å²) in [4.78, 5) is 24.1. The molecule has 0 aliphatic carbocycles. The summed E-state index contributed by atoms with van der Waals surface area (Å²) in [5.74, 6) is -1.11. The molecule has 1 unspecified atom stereocenters. The van der Waals surface area contributed by atoms with Crippen molar-refractivity contribution in [2.75, 3.05) is 19.6 Å².